The van der Waals surface area contributed by atoms with Crippen LogP contribution < -0.4 is 0 Å². The van der Waals surface area contributed by atoms with Gasteiger partial charge in [-0.2, -0.15) is 0 Å². The molecule has 0 bridgehead atoms. The summed E-state index contributed by atoms with van der Waals surface area (Å²) in [7, 11) is 0. The van der Waals surface area contributed by atoms with Gasteiger partial charge in [0.25, 0.3) is 0 Å². The van der Waals surface area contributed by atoms with Crippen molar-refractivity contribution in [2.45, 2.75) is 51.1 Å². The molecule has 0 aromatic rings. The third kappa shape index (κ3) is 6.13. The number of aliphatic hydroxyl groups excluding tert-OH is 3. The van der Waals surface area contributed by atoms with E-state index >= 15 is 0 Å². The third-order valence-corrected chi connectivity index (χ3v) is 5.22. The van der Waals surface area contributed by atoms with Crippen molar-refractivity contribution in [2.24, 2.45) is 5.92 Å². The Morgan fingerprint density at radius 2 is 2.06 bits per heavy atom. The van der Waals surface area contributed by atoms with Crippen LogP contribution in [0.5, 0.6) is 0 Å². The quantitative estimate of drug-likeness (QED) is 0.235. The Morgan fingerprint density at radius 1 is 1.39 bits per heavy atom. The summed E-state index contributed by atoms with van der Waals surface area (Å²) in [6.45, 7) is 9.34. The van der Waals surface area contributed by atoms with Crippen LogP contribution in [0.4, 0.5) is 0 Å². The summed E-state index contributed by atoms with van der Waals surface area (Å²) in [5.74, 6) is -2.92. The molecule has 0 radical (unpaired) electrons. The topological polar surface area (TPSA) is 140 Å². The monoisotopic (exact) mass is 436 g/mol. The van der Waals surface area contributed by atoms with Crippen LogP contribution in [-0.2, 0) is 28.6 Å². The second-order valence-electron chi connectivity index (χ2n) is 7.62. The number of esters is 3. The Morgan fingerprint density at radius 3 is 2.68 bits per heavy atom. The highest BCUT2D eigenvalue weighted by atomic mass is 16.6. The maximum atomic E-state index is 12.5. The minimum absolute atomic E-state index is 0.0852. The molecule has 0 spiro atoms. The number of rotatable bonds is 6. The van der Waals surface area contributed by atoms with E-state index in [4.69, 9.17) is 19.3 Å². The van der Waals surface area contributed by atoms with Gasteiger partial charge < -0.3 is 29.5 Å². The third-order valence-electron chi connectivity index (χ3n) is 5.22. The lowest BCUT2D eigenvalue weighted by atomic mass is 9.85. The van der Waals surface area contributed by atoms with Gasteiger partial charge in [0.15, 0.2) is 0 Å². The summed E-state index contributed by atoms with van der Waals surface area (Å²) in [5, 5.41) is 29.3. The van der Waals surface area contributed by atoms with Gasteiger partial charge in [0.05, 0.1) is 24.2 Å². The molecular weight excluding hydrogens is 408 g/mol. The van der Waals surface area contributed by atoms with E-state index in [-0.39, 0.29) is 30.6 Å². The lowest BCUT2D eigenvalue weighted by Gasteiger charge is -2.28. The molecule has 0 aromatic carbocycles. The summed E-state index contributed by atoms with van der Waals surface area (Å²) in [4.78, 5) is 35.9. The van der Waals surface area contributed by atoms with Crippen molar-refractivity contribution in [3.05, 3.63) is 47.6 Å². The van der Waals surface area contributed by atoms with Gasteiger partial charge in [-0.05, 0) is 25.0 Å². The van der Waals surface area contributed by atoms with Crippen LogP contribution in [-0.4, -0.2) is 70.9 Å². The molecule has 1 aliphatic heterocycles. The lowest BCUT2D eigenvalue weighted by molar-refractivity contribution is -0.148. The first-order chi connectivity index (χ1) is 14.5. The molecule has 1 fully saturated rings. The number of hydrogen-bond donors (Lipinski definition) is 3. The van der Waals surface area contributed by atoms with E-state index in [1.807, 2.05) is 0 Å². The molecule has 2 aliphatic rings. The molecule has 3 N–H and O–H groups in total. The molecule has 31 heavy (non-hydrogen) atoms. The van der Waals surface area contributed by atoms with Gasteiger partial charge in [0.1, 0.15) is 24.9 Å². The fraction of sp³-hybridized carbons (Fsp3) is 0.500. The molecule has 1 aliphatic carbocycles. The number of ether oxygens (including phenoxy) is 3. The molecule has 5 atom stereocenters. The number of aliphatic hydroxyl groups is 3. The van der Waals surface area contributed by atoms with Crippen molar-refractivity contribution in [1.82, 2.24) is 0 Å². The van der Waals surface area contributed by atoms with E-state index in [2.05, 4.69) is 13.2 Å². The Hall–Kier alpha value is -2.75. The Labute approximate surface area is 180 Å². The SMILES string of the molecule is C=C(C(=O)OC1CC(C)=CCC(O)C(COC(C)=O)=CC2OC(=O)C(=C)C21)C(O)CO. The number of hydrogen-bond acceptors (Lipinski definition) is 9. The summed E-state index contributed by atoms with van der Waals surface area (Å²) >= 11 is 0. The lowest BCUT2D eigenvalue weighted by Crippen LogP contribution is -2.36. The van der Waals surface area contributed by atoms with Crippen molar-refractivity contribution in [2.75, 3.05) is 13.2 Å². The predicted molar refractivity (Wildman–Crippen MR) is 108 cm³/mol. The van der Waals surface area contributed by atoms with E-state index < -0.39 is 54.8 Å². The summed E-state index contributed by atoms with van der Waals surface area (Å²) < 4.78 is 15.9. The standard InChI is InChI=1S/C22H28O9/c1-11-5-6-16(25)15(10-29-14(4)24)8-19-20(13(3)22(28)31-19)18(7-11)30-21(27)12(2)17(26)9-23/h5,8,16-20,23,25-26H,2-3,6-7,9-10H2,1,4H3. The molecule has 9 heteroatoms. The number of carbonyl (C=O) groups excluding carboxylic acids is 3. The van der Waals surface area contributed by atoms with Gasteiger partial charge in [-0.15, -0.1) is 0 Å². The van der Waals surface area contributed by atoms with Crippen molar-refractivity contribution < 1.29 is 43.9 Å². The maximum Gasteiger partial charge on any atom is 0.336 e. The van der Waals surface area contributed by atoms with E-state index in [1.54, 1.807) is 13.0 Å². The summed E-state index contributed by atoms with van der Waals surface area (Å²) in [6, 6.07) is 0. The number of carbonyl (C=O) groups is 3. The molecule has 0 amide bonds. The van der Waals surface area contributed by atoms with Crippen molar-refractivity contribution in [3.8, 4) is 0 Å². The first-order valence-electron chi connectivity index (χ1n) is 9.81. The first-order valence-corrected chi connectivity index (χ1v) is 9.81. The van der Waals surface area contributed by atoms with Crippen molar-refractivity contribution >= 4 is 17.9 Å². The van der Waals surface area contributed by atoms with Crippen molar-refractivity contribution in [3.63, 3.8) is 0 Å². The normalized spacial score (nSPS) is 27.3. The smallest absolute Gasteiger partial charge is 0.336 e. The zero-order chi connectivity index (χ0) is 23.3. The Kier molecular flexibility index (Phi) is 8.32. The minimum atomic E-state index is -1.48. The van der Waals surface area contributed by atoms with Gasteiger partial charge >= 0.3 is 17.9 Å². The van der Waals surface area contributed by atoms with Crippen LogP contribution in [0.1, 0.15) is 26.7 Å². The first kappa shape index (κ1) is 24.5. The van der Waals surface area contributed by atoms with E-state index in [9.17, 15) is 24.6 Å². The molecular formula is C22H28O9. The van der Waals surface area contributed by atoms with Crippen LogP contribution in [0.2, 0.25) is 0 Å². The summed E-state index contributed by atoms with van der Waals surface area (Å²) in [5.41, 5.74) is 0.867. The Balaban J connectivity index is 2.41. The second kappa shape index (κ2) is 10.5. The van der Waals surface area contributed by atoms with Gasteiger partial charge in [0.2, 0.25) is 0 Å². The van der Waals surface area contributed by atoms with E-state index in [0.29, 0.717) is 5.57 Å². The largest absolute Gasteiger partial charge is 0.461 e. The maximum absolute atomic E-state index is 12.5. The highest BCUT2D eigenvalue weighted by Crippen LogP contribution is 2.36. The van der Waals surface area contributed by atoms with Crippen LogP contribution in [0, 0.1) is 5.92 Å². The average Bonchev–Trinajstić information content (AvgIpc) is 3.00. The summed E-state index contributed by atoms with van der Waals surface area (Å²) in [6.07, 6.45) is -0.591. The van der Waals surface area contributed by atoms with Gasteiger partial charge in [-0.1, -0.05) is 24.8 Å². The highest BCUT2D eigenvalue weighted by molar-refractivity contribution is 5.92. The zero-order valence-electron chi connectivity index (χ0n) is 17.6. The fourth-order valence-corrected chi connectivity index (χ4v) is 3.40. The zero-order valence-corrected chi connectivity index (χ0v) is 17.6. The predicted octanol–water partition coefficient (Wildman–Crippen LogP) is 0.496. The number of fused-ring (bicyclic) bond motifs is 1. The molecule has 0 saturated carbocycles. The fourth-order valence-electron chi connectivity index (χ4n) is 3.40. The molecule has 5 unspecified atom stereocenters. The second-order valence-corrected chi connectivity index (χ2v) is 7.62. The molecule has 2 rings (SSSR count). The minimum Gasteiger partial charge on any atom is -0.461 e. The molecule has 9 nitrogen and oxygen atoms in total. The molecule has 1 heterocycles. The van der Waals surface area contributed by atoms with E-state index in [1.165, 1.54) is 13.0 Å². The van der Waals surface area contributed by atoms with Gasteiger partial charge in [-0.3, -0.25) is 4.79 Å². The van der Waals surface area contributed by atoms with Gasteiger partial charge in [0, 0.05) is 18.9 Å². The van der Waals surface area contributed by atoms with Crippen LogP contribution in [0.25, 0.3) is 0 Å². The Bertz CT molecular complexity index is 823. The van der Waals surface area contributed by atoms with Gasteiger partial charge in [-0.25, -0.2) is 9.59 Å². The van der Waals surface area contributed by atoms with Crippen LogP contribution in [0.15, 0.2) is 47.6 Å². The highest BCUT2D eigenvalue weighted by Gasteiger charge is 2.45. The van der Waals surface area contributed by atoms with Crippen molar-refractivity contribution in [1.29, 1.82) is 0 Å². The average molecular weight is 436 g/mol. The van der Waals surface area contributed by atoms with Crippen LogP contribution >= 0.6 is 0 Å². The molecule has 1 saturated heterocycles. The molecule has 0 aromatic heterocycles. The van der Waals surface area contributed by atoms with Crippen LogP contribution in [0.3, 0.4) is 0 Å². The molecule has 170 valence electrons. The van der Waals surface area contributed by atoms with E-state index in [0.717, 1.165) is 5.57 Å².